The molecule has 1 aliphatic heterocycles. The van der Waals surface area contributed by atoms with Crippen molar-refractivity contribution in [1.82, 2.24) is 9.62 Å². The van der Waals surface area contributed by atoms with E-state index in [1.165, 1.54) is 16.4 Å². The van der Waals surface area contributed by atoms with E-state index in [0.29, 0.717) is 25.9 Å². The highest BCUT2D eigenvalue weighted by Crippen LogP contribution is 2.42. The van der Waals surface area contributed by atoms with Crippen LogP contribution in [0.15, 0.2) is 24.3 Å². The number of carbonyl (C=O) groups is 1. The number of nitrogens with zero attached hydrogens (tertiary/aromatic N) is 1. The third-order valence-electron chi connectivity index (χ3n) is 5.53. The van der Waals surface area contributed by atoms with Crippen molar-refractivity contribution in [2.75, 3.05) is 18.8 Å². The predicted octanol–water partition coefficient (Wildman–Crippen LogP) is 2.38. The van der Waals surface area contributed by atoms with Gasteiger partial charge in [0.05, 0.1) is 11.3 Å². The van der Waals surface area contributed by atoms with E-state index in [4.69, 9.17) is 0 Å². The first-order valence-electron chi connectivity index (χ1n) is 8.92. The van der Waals surface area contributed by atoms with E-state index in [1.807, 2.05) is 6.07 Å². The van der Waals surface area contributed by atoms with Crippen molar-refractivity contribution in [3.8, 4) is 0 Å². The van der Waals surface area contributed by atoms with Gasteiger partial charge in [-0.3, -0.25) is 4.79 Å². The first-order chi connectivity index (χ1) is 11.9. The van der Waals surface area contributed by atoms with Gasteiger partial charge in [0.25, 0.3) is 0 Å². The van der Waals surface area contributed by atoms with Crippen LogP contribution in [0, 0.1) is 11.7 Å². The minimum Gasteiger partial charge on any atom is -0.346 e. The Morgan fingerprint density at radius 2 is 2.00 bits per heavy atom. The smallest absolute Gasteiger partial charge is 0.223 e. The SMILES string of the molecule is CCS(=O)(=O)N1CCC(C(=O)NC2(c3cccc(F)c3)CCC2)CC1. The lowest BCUT2D eigenvalue weighted by Gasteiger charge is -2.44. The molecular formula is C18H25FN2O3S. The van der Waals surface area contributed by atoms with Crippen molar-refractivity contribution in [2.24, 2.45) is 5.92 Å². The number of carbonyl (C=O) groups excluding carboxylic acids is 1. The molecule has 7 heteroatoms. The molecule has 1 aromatic carbocycles. The second-order valence-corrected chi connectivity index (χ2v) is 9.27. The number of sulfonamides is 1. The Morgan fingerprint density at radius 3 is 2.52 bits per heavy atom. The third-order valence-corrected chi connectivity index (χ3v) is 7.41. The van der Waals surface area contributed by atoms with E-state index in [1.54, 1.807) is 13.0 Å². The zero-order valence-corrected chi connectivity index (χ0v) is 15.3. The fourth-order valence-corrected chi connectivity index (χ4v) is 4.85. The Labute approximate surface area is 148 Å². The van der Waals surface area contributed by atoms with E-state index in [9.17, 15) is 17.6 Å². The lowest BCUT2D eigenvalue weighted by molar-refractivity contribution is -0.129. The average Bonchev–Trinajstić information content (AvgIpc) is 2.58. The largest absolute Gasteiger partial charge is 0.346 e. The summed E-state index contributed by atoms with van der Waals surface area (Å²) >= 11 is 0. The molecule has 1 aliphatic carbocycles. The standard InChI is InChI=1S/C18H25FN2O3S/c1-2-25(23,24)21-11-7-14(8-12-21)17(22)20-18(9-4-10-18)15-5-3-6-16(19)13-15/h3,5-6,13-14H,2,4,7-12H2,1H3,(H,20,22). The molecule has 1 heterocycles. The summed E-state index contributed by atoms with van der Waals surface area (Å²) in [6.45, 7) is 2.41. The summed E-state index contributed by atoms with van der Waals surface area (Å²) in [5.74, 6) is -0.435. The van der Waals surface area contributed by atoms with Crippen molar-refractivity contribution in [3.63, 3.8) is 0 Å². The number of piperidine rings is 1. The van der Waals surface area contributed by atoms with E-state index >= 15 is 0 Å². The molecule has 0 atom stereocenters. The Kier molecular flexibility index (Phi) is 5.16. The van der Waals surface area contributed by atoms with Crippen LogP contribution in [0.3, 0.4) is 0 Å². The molecular weight excluding hydrogens is 343 g/mol. The van der Waals surface area contributed by atoms with E-state index in [0.717, 1.165) is 24.8 Å². The Balaban J connectivity index is 1.64. The monoisotopic (exact) mass is 368 g/mol. The van der Waals surface area contributed by atoms with Gasteiger partial charge in [-0.2, -0.15) is 0 Å². The number of nitrogens with one attached hydrogen (secondary N) is 1. The minimum atomic E-state index is -3.19. The summed E-state index contributed by atoms with van der Waals surface area (Å²) in [7, 11) is -3.19. The summed E-state index contributed by atoms with van der Waals surface area (Å²) in [6.07, 6.45) is 3.69. The maximum atomic E-state index is 13.6. The molecule has 1 N–H and O–H groups in total. The average molecular weight is 368 g/mol. The third kappa shape index (κ3) is 3.72. The molecule has 1 saturated heterocycles. The molecule has 138 valence electrons. The molecule has 2 fully saturated rings. The Bertz CT molecular complexity index is 738. The van der Waals surface area contributed by atoms with Gasteiger partial charge in [0.2, 0.25) is 15.9 Å². The molecule has 0 bridgehead atoms. The summed E-state index contributed by atoms with van der Waals surface area (Å²) in [5.41, 5.74) is 0.351. The fraction of sp³-hybridized carbons (Fsp3) is 0.611. The predicted molar refractivity (Wildman–Crippen MR) is 93.8 cm³/mol. The molecule has 2 aliphatic rings. The molecule has 0 spiro atoms. The maximum absolute atomic E-state index is 13.6. The highest BCUT2D eigenvalue weighted by atomic mass is 32.2. The van der Waals surface area contributed by atoms with Gasteiger partial charge in [0.1, 0.15) is 5.82 Å². The van der Waals surface area contributed by atoms with Gasteiger partial charge in [-0.1, -0.05) is 12.1 Å². The van der Waals surface area contributed by atoms with Gasteiger partial charge in [0, 0.05) is 19.0 Å². The molecule has 3 rings (SSSR count). The molecule has 5 nitrogen and oxygen atoms in total. The van der Waals surface area contributed by atoms with Crippen LogP contribution in [0.1, 0.15) is 44.6 Å². The number of halogens is 1. The van der Waals surface area contributed by atoms with Gasteiger partial charge >= 0.3 is 0 Å². The highest BCUT2D eigenvalue weighted by molar-refractivity contribution is 7.89. The van der Waals surface area contributed by atoms with E-state index in [-0.39, 0.29) is 23.4 Å². The summed E-state index contributed by atoms with van der Waals surface area (Å²) in [6, 6.07) is 6.43. The van der Waals surface area contributed by atoms with Gasteiger partial charge in [-0.25, -0.2) is 17.1 Å². The summed E-state index contributed by atoms with van der Waals surface area (Å²) < 4.78 is 38.9. The summed E-state index contributed by atoms with van der Waals surface area (Å²) in [5, 5.41) is 3.14. The van der Waals surface area contributed by atoms with Crippen LogP contribution >= 0.6 is 0 Å². The van der Waals surface area contributed by atoms with E-state index < -0.39 is 15.6 Å². The molecule has 0 aromatic heterocycles. The second-order valence-electron chi connectivity index (χ2n) is 7.01. The van der Waals surface area contributed by atoms with Gasteiger partial charge in [-0.05, 0) is 56.7 Å². The van der Waals surface area contributed by atoms with Crippen molar-refractivity contribution in [1.29, 1.82) is 0 Å². The van der Waals surface area contributed by atoms with Gasteiger partial charge in [0.15, 0.2) is 0 Å². The van der Waals surface area contributed by atoms with E-state index in [2.05, 4.69) is 5.32 Å². The van der Waals surface area contributed by atoms with Gasteiger partial charge in [-0.15, -0.1) is 0 Å². The molecule has 0 radical (unpaired) electrons. The van der Waals surface area contributed by atoms with Crippen molar-refractivity contribution in [3.05, 3.63) is 35.6 Å². The van der Waals surface area contributed by atoms with Crippen LogP contribution < -0.4 is 5.32 Å². The lowest BCUT2D eigenvalue weighted by Crippen LogP contribution is -2.54. The van der Waals surface area contributed by atoms with Gasteiger partial charge < -0.3 is 5.32 Å². The van der Waals surface area contributed by atoms with Crippen LogP contribution in [-0.4, -0.2) is 37.5 Å². The highest BCUT2D eigenvalue weighted by Gasteiger charge is 2.42. The molecule has 25 heavy (non-hydrogen) atoms. The first-order valence-corrected chi connectivity index (χ1v) is 10.5. The fourth-order valence-electron chi connectivity index (χ4n) is 3.72. The zero-order chi connectivity index (χ0) is 18.1. The van der Waals surface area contributed by atoms with Crippen LogP contribution in [-0.2, 0) is 20.4 Å². The Morgan fingerprint density at radius 1 is 1.32 bits per heavy atom. The number of hydrogen-bond acceptors (Lipinski definition) is 3. The first kappa shape index (κ1) is 18.3. The normalized spacial score (nSPS) is 21.5. The minimum absolute atomic E-state index is 0.0440. The number of hydrogen-bond donors (Lipinski definition) is 1. The maximum Gasteiger partial charge on any atom is 0.223 e. The van der Waals surface area contributed by atoms with Crippen molar-refractivity contribution in [2.45, 2.75) is 44.6 Å². The number of rotatable bonds is 5. The Hall–Kier alpha value is -1.47. The lowest BCUT2D eigenvalue weighted by atomic mass is 9.71. The zero-order valence-electron chi connectivity index (χ0n) is 14.5. The summed E-state index contributed by atoms with van der Waals surface area (Å²) in [4.78, 5) is 12.7. The molecule has 1 amide bonds. The van der Waals surface area contributed by atoms with Crippen LogP contribution in [0.25, 0.3) is 0 Å². The topological polar surface area (TPSA) is 66.5 Å². The van der Waals surface area contributed by atoms with Crippen LogP contribution in [0.4, 0.5) is 4.39 Å². The quantitative estimate of drug-likeness (QED) is 0.868. The second kappa shape index (κ2) is 7.03. The number of amides is 1. The molecule has 0 unspecified atom stereocenters. The van der Waals surface area contributed by atoms with Crippen LogP contribution in [0.2, 0.25) is 0 Å². The van der Waals surface area contributed by atoms with Crippen molar-refractivity contribution >= 4 is 15.9 Å². The van der Waals surface area contributed by atoms with Crippen molar-refractivity contribution < 1.29 is 17.6 Å². The molecule has 1 saturated carbocycles. The van der Waals surface area contributed by atoms with Crippen LogP contribution in [0.5, 0.6) is 0 Å². The molecule has 1 aromatic rings. The number of benzene rings is 1.